The van der Waals surface area contributed by atoms with Gasteiger partial charge in [-0.05, 0) is 54.6 Å². The van der Waals surface area contributed by atoms with Gasteiger partial charge in [-0.3, -0.25) is 4.79 Å². The Morgan fingerprint density at radius 2 is 1.87 bits per heavy atom. The van der Waals surface area contributed by atoms with Crippen LogP contribution in [0.2, 0.25) is 0 Å². The van der Waals surface area contributed by atoms with Gasteiger partial charge >= 0.3 is 0 Å². The second-order valence-electron chi connectivity index (χ2n) is 6.57. The molecule has 1 amide bonds. The molecule has 4 rings (SSSR count). The Balaban J connectivity index is 1.52. The van der Waals surface area contributed by atoms with Gasteiger partial charge in [0.2, 0.25) is 11.7 Å². The maximum Gasteiger partial charge on any atom is 0.274 e. The highest BCUT2D eigenvalue weighted by molar-refractivity contribution is 5.90. The standard InChI is InChI=1S/C22H19FN4O4/c1-29-18-10-5-14(12-19(18)30-2)21-25-22(31-26-21)17-4-3-11-27(17)13-20(28)24-16-8-6-15(23)7-9-16/h3-12H,13H2,1-2H3,(H,24,28). The number of carbonyl (C=O) groups excluding carboxylic acids is 1. The smallest absolute Gasteiger partial charge is 0.274 e. The molecule has 0 atom stereocenters. The van der Waals surface area contributed by atoms with Gasteiger partial charge in [0.1, 0.15) is 18.1 Å². The molecule has 0 saturated carbocycles. The molecular formula is C22H19FN4O4. The van der Waals surface area contributed by atoms with Gasteiger partial charge in [0.25, 0.3) is 5.89 Å². The SMILES string of the molecule is COc1ccc(-c2noc(-c3cccn3CC(=O)Nc3ccc(F)cc3)n2)cc1OC. The van der Waals surface area contributed by atoms with Gasteiger partial charge in [0.05, 0.1) is 14.2 Å². The lowest BCUT2D eigenvalue weighted by Crippen LogP contribution is -2.18. The third-order valence-electron chi connectivity index (χ3n) is 4.56. The second-order valence-corrected chi connectivity index (χ2v) is 6.57. The van der Waals surface area contributed by atoms with Crippen molar-refractivity contribution in [3.63, 3.8) is 0 Å². The van der Waals surface area contributed by atoms with E-state index in [0.717, 1.165) is 0 Å². The molecule has 8 nitrogen and oxygen atoms in total. The van der Waals surface area contributed by atoms with E-state index in [0.29, 0.717) is 34.3 Å². The number of ether oxygens (including phenoxy) is 2. The van der Waals surface area contributed by atoms with E-state index < -0.39 is 0 Å². The van der Waals surface area contributed by atoms with Crippen LogP contribution in [-0.2, 0) is 11.3 Å². The van der Waals surface area contributed by atoms with Gasteiger partial charge in [0.15, 0.2) is 11.5 Å². The fourth-order valence-corrected chi connectivity index (χ4v) is 3.05. The number of nitrogens with zero attached hydrogens (tertiary/aromatic N) is 3. The van der Waals surface area contributed by atoms with E-state index in [4.69, 9.17) is 14.0 Å². The van der Waals surface area contributed by atoms with Crippen molar-refractivity contribution >= 4 is 11.6 Å². The van der Waals surface area contributed by atoms with E-state index in [9.17, 15) is 9.18 Å². The first-order valence-electron chi connectivity index (χ1n) is 9.34. The number of halogens is 1. The number of amides is 1. The Hall–Kier alpha value is -4.14. The molecule has 1 N–H and O–H groups in total. The summed E-state index contributed by atoms with van der Waals surface area (Å²) in [6.45, 7) is 0.0216. The van der Waals surface area contributed by atoms with Crippen LogP contribution >= 0.6 is 0 Å². The van der Waals surface area contributed by atoms with Gasteiger partial charge in [0, 0.05) is 17.4 Å². The molecule has 0 aliphatic heterocycles. The number of hydrogen-bond donors (Lipinski definition) is 1. The summed E-state index contributed by atoms with van der Waals surface area (Å²) in [5, 5.41) is 6.76. The Labute approximate surface area is 177 Å². The minimum absolute atomic E-state index is 0.0216. The molecule has 2 aromatic carbocycles. The summed E-state index contributed by atoms with van der Waals surface area (Å²) in [5.74, 6) is 1.14. The molecular weight excluding hydrogens is 403 g/mol. The average molecular weight is 422 g/mol. The van der Waals surface area contributed by atoms with E-state index in [2.05, 4.69) is 15.5 Å². The second kappa shape index (κ2) is 8.70. The lowest BCUT2D eigenvalue weighted by Gasteiger charge is -2.08. The first-order chi connectivity index (χ1) is 15.1. The zero-order valence-corrected chi connectivity index (χ0v) is 16.8. The first kappa shape index (κ1) is 20.1. The molecule has 9 heteroatoms. The summed E-state index contributed by atoms with van der Waals surface area (Å²) < 4.78 is 30.7. The highest BCUT2D eigenvalue weighted by Crippen LogP contribution is 2.32. The normalized spacial score (nSPS) is 10.7. The number of benzene rings is 2. The van der Waals surface area contributed by atoms with Gasteiger partial charge in [-0.15, -0.1) is 0 Å². The Kier molecular flexibility index (Phi) is 5.65. The van der Waals surface area contributed by atoms with Crippen LogP contribution in [-0.4, -0.2) is 34.8 Å². The molecule has 0 fully saturated rings. The van der Waals surface area contributed by atoms with Gasteiger partial charge < -0.3 is 23.9 Å². The lowest BCUT2D eigenvalue weighted by molar-refractivity contribution is -0.116. The summed E-state index contributed by atoms with van der Waals surface area (Å²) >= 11 is 0. The van der Waals surface area contributed by atoms with Crippen molar-refractivity contribution in [2.75, 3.05) is 19.5 Å². The van der Waals surface area contributed by atoms with E-state index in [-0.39, 0.29) is 24.2 Å². The quantitative estimate of drug-likeness (QED) is 0.484. The van der Waals surface area contributed by atoms with E-state index in [1.807, 2.05) is 0 Å². The minimum atomic E-state index is -0.368. The maximum absolute atomic E-state index is 13.0. The van der Waals surface area contributed by atoms with Crippen LogP contribution in [0.25, 0.3) is 23.0 Å². The molecule has 0 spiro atoms. The number of anilines is 1. The van der Waals surface area contributed by atoms with Crippen LogP contribution in [0.3, 0.4) is 0 Å². The molecule has 4 aromatic rings. The van der Waals surface area contributed by atoms with Crippen molar-refractivity contribution < 1.29 is 23.2 Å². The van der Waals surface area contributed by atoms with Crippen LogP contribution in [0.4, 0.5) is 10.1 Å². The Morgan fingerprint density at radius 1 is 1.10 bits per heavy atom. The number of rotatable bonds is 7. The fourth-order valence-electron chi connectivity index (χ4n) is 3.05. The predicted molar refractivity (Wildman–Crippen MR) is 111 cm³/mol. The van der Waals surface area contributed by atoms with E-state index in [1.54, 1.807) is 55.3 Å². The highest BCUT2D eigenvalue weighted by Gasteiger charge is 2.17. The summed E-state index contributed by atoms with van der Waals surface area (Å²) in [6.07, 6.45) is 1.74. The number of aromatic nitrogens is 3. The molecule has 31 heavy (non-hydrogen) atoms. The molecule has 158 valence electrons. The van der Waals surface area contributed by atoms with Crippen LogP contribution in [0.15, 0.2) is 65.3 Å². The monoisotopic (exact) mass is 422 g/mol. The lowest BCUT2D eigenvalue weighted by atomic mass is 10.2. The molecule has 0 aliphatic rings. The third-order valence-corrected chi connectivity index (χ3v) is 4.56. The van der Waals surface area contributed by atoms with Gasteiger partial charge in [-0.1, -0.05) is 5.16 Å². The number of nitrogens with one attached hydrogen (secondary N) is 1. The zero-order chi connectivity index (χ0) is 21.8. The maximum atomic E-state index is 13.0. The number of methoxy groups -OCH3 is 2. The van der Waals surface area contributed by atoms with E-state index >= 15 is 0 Å². The van der Waals surface area contributed by atoms with Crippen molar-refractivity contribution in [3.8, 4) is 34.5 Å². The number of carbonyl (C=O) groups is 1. The minimum Gasteiger partial charge on any atom is -0.493 e. The predicted octanol–water partition coefficient (Wildman–Crippen LogP) is 4.00. The van der Waals surface area contributed by atoms with Crippen LogP contribution in [0.1, 0.15) is 0 Å². The molecule has 0 aliphatic carbocycles. The Bertz CT molecular complexity index is 1200. The van der Waals surface area contributed by atoms with Crippen LogP contribution < -0.4 is 14.8 Å². The summed E-state index contributed by atoms with van der Waals surface area (Å²) in [5.41, 5.74) is 1.79. The van der Waals surface area contributed by atoms with Crippen molar-refractivity contribution in [1.82, 2.24) is 14.7 Å². The summed E-state index contributed by atoms with van der Waals surface area (Å²) in [4.78, 5) is 16.8. The highest BCUT2D eigenvalue weighted by atomic mass is 19.1. The fraction of sp³-hybridized carbons (Fsp3) is 0.136. The molecule has 0 unspecified atom stereocenters. The van der Waals surface area contributed by atoms with Gasteiger partial charge in [-0.2, -0.15) is 4.98 Å². The molecule has 2 heterocycles. The van der Waals surface area contributed by atoms with Crippen LogP contribution in [0, 0.1) is 5.82 Å². The van der Waals surface area contributed by atoms with Crippen molar-refractivity contribution in [3.05, 3.63) is 66.6 Å². The first-order valence-corrected chi connectivity index (χ1v) is 9.34. The van der Waals surface area contributed by atoms with Crippen LogP contribution in [0.5, 0.6) is 11.5 Å². The molecule has 0 saturated heterocycles. The number of hydrogen-bond acceptors (Lipinski definition) is 6. The van der Waals surface area contributed by atoms with Gasteiger partial charge in [-0.25, -0.2) is 4.39 Å². The van der Waals surface area contributed by atoms with E-state index in [1.165, 1.54) is 24.3 Å². The topological polar surface area (TPSA) is 91.4 Å². The molecule has 2 aromatic heterocycles. The largest absolute Gasteiger partial charge is 0.493 e. The Morgan fingerprint density at radius 3 is 2.61 bits per heavy atom. The van der Waals surface area contributed by atoms with Crippen molar-refractivity contribution in [2.24, 2.45) is 0 Å². The molecule has 0 radical (unpaired) electrons. The zero-order valence-electron chi connectivity index (χ0n) is 16.8. The average Bonchev–Trinajstić information content (AvgIpc) is 3.44. The third kappa shape index (κ3) is 4.40. The molecule has 0 bridgehead atoms. The summed E-state index contributed by atoms with van der Waals surface area (Å²) in [7, 11) is 3.11. The van der Waals surface area contributed by atoms with Crippen molar-refractivity contribution in [1.29, 1.82) is 0 Å². The van der Waals surface area contributed by atoms with Crippen molar-refractivity contribution in [2.45, 2.75) is 6.54 Å². The summed E-state index contributed by atoms with van der Waals surface area (Å²) in [6, 6.07) is 14.4.